The van der Waals surface area contributed by atoms with Crippen LogP contribution >= 0.6 is 0 Å². The van der Waals surface area contributed by atoms with Crippen molar-refractivity contribution in [1.29, 1.82) is 0 Å². The van der Waals surface area contributed by atoms with Crippen molar-refractivity contribution in [2.24, 2.45) is 0 Å². The topological polar surface area (TPSA) is 119 Å². The summed E-state index contributed by atoms with van der Waals surface area (Å²) in [7, 11) is 0. The van der Waals surface area contributed by atoms with Crippen molar-refractivity contribution >= 4 is 17.6 Å². The second kappa shape index (κ2) is 16.7. The zero-order valence-electron chi connectivity index (χ0n) is 30.0. The van der Waals surface area contributed by atoms with E-state index in [0.717, 1.165) is 114 Å². The minimum Gasteiger partial charge on any atom is -0.445 e. The van der Waals surface area contributed by atoms with Gasteiger partial charge in [0.25, 0.3) is 0 Å². The molecule has 0 radical (unpaired) electrons. The molecule has 4 fully saturated rings. The van der Waals surface area contributed by atoms with Gasteiger partial charge in [-0.1, -0.05) is 54.6 Å². The highest BCUT2D eigenvalue weighted by molar-refractivity contribution is 5.72. The van der Waals surface area contributed by atoms with Gasteiger partial charge in [-0.3, -0.25) is 9.80 Å². The molecule has 1 aliphatic carbocycles. The van der Waals surface area contributed by atoms with Gasteiger partial charge in [0.15, 0.2) is 5.82 Å². The summed E-state index contributed by atoms with van der Waals surface area (Å²) in [6.45, 7) is 13.1. The van der Waals surface area contributed by atoms with Crippen molar-refractivity contribution < 1.29 is 23.7 Å². The SMILES string of the molecule is Cc1ccccc1-c1cc(N2CCC3(CC2)CN(CCOC2CC(OCCN4CCN(C(=O)OCc5ccccc5)CC4)C2)CCO3)c(N)nn1. The molecule has 51 heavy (non-hydrogen) atoms. The number of rotatable bonds is 12. The highest BCUT2D eigenvalue weighted by Gasteiger charge is 2.40. The van der Waals surface area contributed by atoms with E-state index in [0.29, 0.717) is 32.1 Å². The van der Waals surface area contributed by atoms with Crippen LogP contribution in [0.3, 0.4) is 0 Å². The maximum atomic E-state index is 12.4. The number of anilines is 2. The minimum absolute atomic E-state index is 0.128. The van der Waals surface area contributed by atoms with E-state index in [4.69, 9.17) is 24.7 Å². The smallest absolute Gasteiger partial charge is 0.410 e. The van der Waals surface area contributed by atoms with Crippen molar-refractivity contribution in [2.75, 3.05) is 95.9 Å². The van der Waals surface area contributed by atoms with Crippen LogP contribution in [-0.4, -0.2) is 134 Å². The lowest BCUT2D eigenvalue weighted by molar-refractivity contribution is -0.133. The fraction of sp³-hybridized carbons (Fsp3) is 0.564. The molecule has 0 unspecified atom stereocenters. The van der Waals surface area contributed by atoms with E-state index >= 15 is 0 Å². The van der Waals surface area contributed by atoms with E-state index < -0.39 is 0 Å². The van der Waals surface area contributed by atoms with Crippen LogP contribution in [0.2, 0.25) is 0 Å². The maximum absolute atomic E-state index is 12.4. The molecule has 3 saturated heterocycles. The molecule has 1 saturated carbocycles. The first kappa shape index (κ1) is 35.6. The van der Waals surface area contributed by atoms with Gasteiger partial charge in [-0.15, -0.1) is 10.2 Å². The number of amides is 1. The monoisotopic (exact) mass is 699 g/mol. The number of ether oxygens (including phenoxy) is 4. The standard InChI is InChI=1S/C39H53N7O5/c1-30-7-5-6-10-34(30)35-27-36(37(40)42-41-35)45-13-11-39(12-14-45)29-44(21-24-51-39)20-23-49-33-25-32(26-33)48-22-19-43-15-17-46(18-16-43)38(47)50-28-31-8-3-2-4-9-31/h2-10,27,32-33H,11-26,28-29H2,1H3,(H2,40,42). The number of morpholine rings is 1. The van der Waals surface area contributed by atoms with Crippen LogP contribution in [0.1, 0.15) is 36.8 Å². The summed E-state index contributed by atoms with van der Waals surface area (Å²) >= 11 is 0. The van der Waals surface area contributed by atoms with Crippen molar-refractivity contribution in [1.82, 2.24) is 24.9 Å². The number of hydrogen-bond donors (Lipinski definition) is 1. The Balaban J connectivity index is 0.753. The predicted molar refractivity (Wildman–Crippen MR) is 197 cm³/mol. The Kier molecular flexibility index (Phi) is 11.6. The van der Waals surface area contributed by atoms with Gasteiger partial charge in [-0.05, 0) is 49.8 Å². The molecule has 3 aliphatic heterocycles. The van der Waals surface area contributed by atoms with Gasteiger partial charge in [-0.25, -0.2) is 4.79 Å². The maximum Gasteiger partial charge on any atom is 0.410 e. The summed E-state index contributed by atoms with van der Waals surface area (Å²) in [5.41, 5.74) is 11.3. The van der Waals surface area contributed by atoms with Crippen LogP contribution in [0.25, 0.3) is 11.3 Å². The van der Waals surface area contributed by atoms with Crippen molar-refractivity contribution in [3.63, 3.8) is 0 Å². The molecule has 274 valence electrons. The Morgan fingerprint density at radius 1 is 0.863 bits per heavy atom. The molecule has 2 N–H and O–H groups in total. The first-order valence-electron chi connectivity index (χ1n) is 18.6. The van der Waals surface area contributed by atoms with Crippen LogP contribution in [-0.2, 0) is 25.6 Å². The zero-order valence-corrected chi connectivity index (χ0v) is 30.0. The average Bonchev–Trinajstić information content (AvgIpc) is 3.14. The van der Waals surface area contributed by atoms with Crippen LogP contribution < -0.4 is 10.6 Å². The molecule has 0 atom stereocenters. The van der Waals surface area contributed by atoms with Crippen LogP contribution in [0.5, 0.6) is 0 Å². The van der Waals surface area contributed by atoms with Crippen LogP contribution in [0.15, 0.2) is 60.7 Å². The third kappa shape index (κ3) is 9.17. The second-order valence-corrected chi connectivity index (χ2v) is 14.4. The summed E-state index contributed by atoms with van der Waals surface area (Å²) in [5.74, 6) is 0.476. The Bertz CT molecular complexity index is 1570. The van der Waals surface area contributed by atoms with Gasteiger partial charge in [0, 0.05) is 71.0 Å². The molecule has 2 aromatic carbocycles. The lowest BCUT2D eigenvalue weighted by Gasteiger charge is -2.48. The first-order valence-corrected chi connectivity index (χ1v) is 18.6. The zero-order chi connectivity index (χ0) is 35.0. The normalized spacial score (nSPS) is 22.5. The predicted octanol–water partition coefficient (Wildman–Crippen LogP) is 4.22. The van der Waals surface area contributed by atoms with E-state index in [1.807, 2.05) is 42.5 Å². The number of aryl methyl sites for hydroxylation is 1. The van der Waals surface area contributed by atoms with Crippen LogP contribution in [0, 0.1) is 6.92 Å². The number of benzene rings is 2. The molecule has 0 bridgehead atoms. The lowest BCUT2D eigenvalue weighted by Crippen LogP contribution is -2.57. The summed E-state index contributed by atoms with van der Waals surface area (Å²) < 4.78 is 24.3. The van der Waals surface area contributed by atoms with Crippen molar-refractivity contribution in [3.05, 3.63) is 71.8 Å². The van der Waals surface area contributed by atoms with Gasteiger partial charge in [0.05, 0.1) is 49.0 Å². The van der Waals surface area contributed by atoms with Gasteiger partial charge in [-0.2, -0.15) is 0 Å². The summed E-state index contributed by atoms with van der Waals surface area (Å²) in [6, 6.07) is 20.1. The lowest BCUT2D eigenvalue weighted by atomic mass is 9.89. The molecule has 4 heterocycles. The van der Waals surface area contributed by atoms with E-state index in [1.165, 1.54) is 5.56 Å². The largest absolute Gasteiger partial charge is 0.445 e. The quantitative estimate of drug-likeness (QED) is 0.293. The summed E-state index contributed by atoms with van der Waals surface area (Å²) in [5, 5.41) is 8.71. The van der Waals surface area contributed by atoms with E-state index in [2.05, 4.69) is 50.0 Å². The molecule has 7 rings (SSSR count). The van der Waals surface area contributed by atoms with Gasteiger partial charge in [0.1, 0.15) is 6.61 Å². The molecule has 4 aliphatic rings. The first-order chi connectivity index (χ1) is 24.9. The fourth-order valence-corrected chi connectivity index (χ4v) is 7.66. The molecule has 1 amide bonds. The molecule has 1 aromatic heterocycles. The summed E-state index contributed by atoms with van der Waals surface area (Å²) in [4.78, 5) is 21.4. The highest BCUT2D eigenvalue weighted by Crippen LogP contribution is 2.35. The molecular formula is C39H53N7O5. The number of nitrogens with two attached hydrogens (primary N) is 1. The van der Waals surface area contributed by atoms with Gasteiger partial charge < -0.3 is 34.5 Å². The Morgan fingerprint density at radius 3 is 2.27 bits per heavy atom. The molecule has 12 heteroatoms. The number of aromatic nitrogens is 2. The minimum atomic E-state index is -0.234. The summed E-state index contributed by atoms with van der Waals surface area (Å²) in [6.07, 6.45) is 4.14. The molecule has 1 spiro atoms. The number of hydrogen-bond acceptors (Lipinski definition) is 11. The number of piperidine rings is 1. The van der Waals surface area contributed by atoms with Gasteiger partial charge in [0.2, 0.25) is 0 Å². The fourth-order valence-electron chi connectivity index (χ4n) is 7.66. The number of carbonyl (C=O) groups excluding carboxylic acids is 1. The third-order valence-corrected chi connectivity index (χ3v) is 11.0. The number of piperazine rings is 1. The average molecular weight is 700 g/mol. The van der Waals surface area contributed by atoms with Crippen LogP contribution in [0.4, 0.5) is 16.3 Å². The third-order valence-electron chi connectivity index (χ3n) is 11.0. The Hall–Kier alpha value is -3.81. The van der Waals surface area contributed by atoms with E-state index in [1.54, 1.807) is 4.90 Å². The van der Waals surface area contributed by atoms with Crippen molar-refractivity contribution in [2.45, 2.75) is 57.0 Å². The van der Waals surface area contributed by atoms with E-state index in [-0.39, 0.29) is 23.9 Å². The molecule has 3 aromatic rings. The Morgan fingerprint density at radius 2 is 1.55 bits per heavy atom. The van der Waals surface area contributed by atoms with Gasteiger partial charge >= 0.3 is 6.09 Å². The molecule has 12 nitrogen and oxygen atoms in total. The number of carbonyl (C=O) groups is 1. The molecular weight excluding hydrogens is 646 g/mol. The second-order valence-electron chi connectivity index (χ2n) is 14.4. The van der Waals surface area contributed by atoms with E-state index in [9.17, 15) is 4.79 Å². The van der Waals surface area contributed by atoms with Crippen molar-refractivity contribution in [3.8, 4) is 11.3 Å². The number of nitrogens with zero attached hydrogens (tertiary/aromatic N) is 6. The number of nitrogen functional groups attached to an aromatic ring is 1. The highest BCUT2D eigenvalue weighted by atomic mass is 16.6. The Labute approximate surface area is 301 Å².